The largest absolute Gasteiger partial charge is 0.303 e. The van der Waals surface area contributed by atoms with Gasteiger partial charge >= 0.3 is 0 Å². The van der Waals surface area contributed by atoms with Crippen LogP contribution < -0.4 is 0 Å². The van der Waals surface area contributed by atoms with E-state index in [1.54, 1.807) is 19.1 Å². The van der Waals surface area contributed by atoms with E-state index in [0.29, 0.717) is 6.42 Å². The summed E-state index contributed by atoms with van der Waals surface area (Å²) in [6.07, 6.45) is 1.38. The fourth-order valence-electron chi connectivity index (χ4n) is 1.20. The van der Waals surface area contributed by atoms with Crippen LogP contribution in [0.4, 0.5) is 4.39 Å². The van der Waals surface area contributed by atoms with Crippen molar-refractivity contribution in [3.05, 3.63) is 35.1 Å². The Kier molecular flexibility index (Phi) is 3.35. The summed E-state index contributed by atoms with van der Waals surface area (Å²) in [7, 11) is 0. The van der Waals surface area contributed by atoms with Crippen molar-refractivity contribution >= 4 is 6.29 Å². The molecule has 1 rings (SSSR count). The molecule has 0 aliphatic carbocycles. The summed E-state index contributed by atoms with van der Waals surface area (Å²) in [5.74, 6) is -0.623. The number of carbonyl (C=O) groups is 1. The SMILES string of the molecule is CC(C=O)Cc1ccc(F)c(C#N)c1. The Balaban J connectivity index is 2.91. The van der Waals surface area contributed by atoms with Gasteiger partial charge in [0.25, 0.3) is 0 Å². The van der Waals surface area contributed by atoms with Gasteiger partial charge in [0.1, 0.15) is 18.2 Å². The zero-order valence-electron chi connectivity index (χ0n) is 7.83. The van der Waals surface area contributed by atoms with E-state index in [-0.39, 0.29) is 11.5 Å². The molecule has 0 fully saturated rings. The zero-order valence-corrected chi connectivity index (χ0v) is 7.83. The molecule has 2 nitrogen and oxygen atoms in total. The van der Waals surface area contributed by atoms with Gasteiger partial charge in [-0.3, -0.25) is 0 Å². The Bertz CT molecular complexity index is 381. The number of hydrogen-bond acceptors (Lipinski definition) is 2. The molecule has 0 saturated heterocycles. The Labute approximate surface area is 82.0 Å². The van der Waals surface area contributed by atoms with E-state index in [9.17, 15) is 9.18 Å². The van der Waals surface area contributed by atoms with E-state index in [2.05, 4.69) is 0 Å². The Hall–Kier alpha value is -1.69. The number of nitriles is 1. The van der Waals surface area contributed by atoms with E-state index in [1.165, 1.54) is 12.1 Å². The molecule has 3 heteroatoms. The molecule has 0 aliphatic heterocycles. The maximum Gasteiger partial charge on any atom is 0.140 e. The van der Waals surface area contributed by atoms with Crippen LogP contribution in [0.1, 0.15) is 18.1 Å². The zero-order chi connectivity index (χ0) is 10.6. The number of hydrogen-bond donors (Lipinski definition) is 0. The monoisotopic (exact) mass is 191 g/mol. The van der Waals surface area contributed by atoms with Crippen LogP contribution in [0, 0.1) is 23.1 Å². The van der Waals surface area contributed by atoms with Gasteiger partial charge in [0.15, 0.2) is 0 Å². The number of nitrogens with zero attached hydrogens (tertiary/aromatic N) is 1. The highest BCUT2D eigenvalue weighted by molar-refractivity contribution is 5.53. The standard InChI is InChI=1S/C11H10FNO/c1-8(7-14)4-9-2-3-11(12)10(5-9)6-13/h2-3,5,7-8H,4H2,1H3. The lowest BCUT2D eigenvalue weighted by Crippen LogP contribution is -2.01. The molecular weight excluding hydrogens is 181 g/mol. The second-order valence-corrected chi connectivity index (χ2v) is 3.24. The number of aldehydes is 1. The molecule has 1 atom stereocenters. The van der Waals surface area contributed by atoms with Crippen LogP contribution in [0.2, 0.25) is 0 Å². The fraction of sp³-hybridized carbons (Fsp3) is 0.273. The first kappa shape index (κ1) is 10.4. The van der Waals surface area contributed by atoms with Gasteiger partial charge in [-0.05, 0) is 24.1 Å². The molecule has 0 N–H and O–H groups in total. The van der Waals surface area contributed by atoms with Gasteiger partial charge in [-0.15, -0.1) is 0 Å². The van der Waals surface area contributed by atoms with E-state index >= 15 is 0 Å². The van der Waals surface area contributed by atoms with Crippen LogP contribution in [-0.2, 0) is 11.2 Å². The van der Waals surface area contributed by atoms with Gasteiger partial charge in [-0.1, -0.05) is 13.0 Å². The molecule has 0 heterocycles. The third-order valence-electron chi connectivity index (χ3n) is 1.94. The summed E-state index contributed by atoms with van der Waals surface area (Å²) in [5.41, 5.74) is 0.836. The molecule has 0 saturated carbocycles. The minimum atomic E-state index is -0.519. The van der Waals surface area contributed by atoms with E-state index in [1.807, 2.05) is 0 Å². The second-order valence-electron chi connectivity index (χ2n) is 3.24. The normalized spacial score (nSPS) is 11.8. The molecule has 1 aromatic carbocycles. The lowest BCUT2D eigenvalue weighted by Gasteiger charge is -2.04. The number of carbonyl (C=O) groups excluding carboxylic acids is 1. The first-order valence-corrected chi connectivity index (χ1v) is 4.31. The highest BCUT2D eigenvalue weighted by Gasteiger charge is 2.05. The van der Waals surface area contributed by atoms with E-state index in [4.69, 9.17) is 5.26 Å². The van der Waals surface area contributed by atoms with Crippen molar-refractivity contribution < 1.29 is 9.18 Å². The van der Waals surface area contributed by atoms with Crippen molar-refractivity contribution in [3.63, 3.8) is 0 Å². The summed E-state index contributed by atoms with van der Waals surface area (Å²) in [6.45, 7) is 1.78. The predicted molar refractivity (Wildman–Crippen MR) is 50.0 cm³/mol. The average Bonchev–Trinajstić information content (AvgIpc) is 2.20. The van der Waals surface area contributed by atoms with Crippen molar-refractivity contribution in [2.45, 2.75) is 13.3 Å². The lowest BCUT2D eigenvalue weighted by atomic mass is 10.0. The van der Waals surface area contributed by atoms with Gasteiger partial charge in [0, 0.05) is 5.92 Å². The first-order chi connectivity index (χ1) is 6.67. The van der Waals surface area contributed by atoms with E-state index in [0.717, 1.165) is 11.8 Å². The molecule has 0 aliphatic rings. The summed E-state index contributed by atoms with van der Waals surface area (Å²) in [5, 5.41) is 8.57. The van der Waals surface area contributed by atoms with Crippen molar-refractivity contribution in [2.24, 2.45) is 5.92 Å². The third-order valence-corrected chi connectivity index (χ3v) is 1.94. The minimum Gasteiger partial charge on any atom is -0.303 e. The molecule has 1 unspecified atom stereocenters. The summed E-state index contributed by atoms with van der Waals surface area (Å²) in [6, 6.07) is 6.09. The predicted octanol–water partition coefficient (Wildman–Crippen LogP) is 2.07. The number of rotatable bonds is 3. The van der Waals surface area contributed by atoms with Crippen LogP contribution in [0.5, 0.6) is 0 Å². The molecule has 0 aromatic heterocycles. The van der Waals surface area contributed by atoms with Gasteiger partial charge < -0.3 is 4.79 Å². The topological polar surface area (TPSA) is 40.9 Å². The van der Waals surface area contributed by atoms with Crippen LogP contribution in [-0.4, -0.2) is 6.29 Å². The Morgan fingerprint density at radius 2 is 2.36 bits per heavy atom. The highest BCUT2D eigenvalue weighted by Crippen LogP contribution is 2.12. The molecular formula is C11H10FNO. The summed E-state index contributed by atoms with van der Waals surface area (Å²) in [4.78, 5) is 10.4. The molecule has 1 aromatic rings. The number of halogens is 1. The highest BCUT2D eigenvalue weighted by atomic mass is 19.1. The molecule has 0 radical (unpaired) electrons. The van der Waals surface area contributed by atoms with Crippen molar-refractivity contribution in [2.75, 3.05) is 0 Å². The van der Waals surface area contributed by atoms with Gasteiger partial charge in [0.2, 0.25) is 0 Å². The van der Waals surface area contributed by atoms with Crippen molar-refractivity contribution in [1.82, 2.24) is 0 Å². The summed E-state index contributed by atoms with van der Waals surface area (Å²) >= 11 is 0. The van der Waals surface area contributed by atoms with Crippen LogP contribution in [0.3, 0.4) is 0 Å². The van der Waals surface area contributed by atoms with Crippen LogP contribution >= 0.6 is 0 Å². The first-order valence-electron chi connectivity index (χ1n) is 4.31. The molecule has 0 bridgehead atoms. The quantitative estimate of drug-likeness (QED) is 0.686. The molecule has 0 spiro atoms. The van der Waals surface area contributed by atoms with Gasteiger partial charge in [-0.25, -0.2) is 4.39 Å². The molecule has 72 valence electrons. The van der Waals surface area contributed by atoms with Gasteiger partial charge in [0.05, 0.1) is 5.56 Å². The lowest BCUT2D eigenvalue weighted by molar-refractivity contribution is -0.110. The number of benzene rings is 1. The second kappa shape index (κ2) is 4.52. The maximum absolute atomic E-state index is 12.9. The average molecular weight is 191 g/mol. The van der Waals surface area contributed by atoms with Crippen molar-refractivity contribution in [3.8, 4) is 6.07 Å². The smallest absolute Gasteiger partial charge is 0.140 e. The molecule has 14 heavy (non-hydrogen) atoms. The van der Waals surface area contributed by atoms with E-state index < -0.39 is 5.82 Å². The Morgan fingerprint density at radius 1 is 1.64 bits per heavy atom. The van der Waals surface area contributed by atoms with Crippen molar-refractivity contribution in [1.29, 1.82) is 5.26 Å². The minimum absolute atomic E-state index is 0.0283. The van der Waals surface area contributed by atoms with Gasteiger partial charge in [-0.2, -0.15) is 5.26 Å². The summed E-state index contributed by atoms with van der Waals surface area (Å²) < 4.78 is 12.9. The Morgan fingerprint density at radius 3 is 2.93 bits per heavy atom. The third kappa shape index (κ3) is 2.40. The fourth-order valence-corrected chi connectivity index (χ4v) is 1.20. The molecule has 0 amide bonds. The maximum atomic E-state index is 12.9. The van der Waals surface area contributed by atoms with Crippen LogP contribution in [0.25, 0.3) is 0 Å². The van der Waals surface area contributed by atoms with Crippen LogP contribution in [0.15, 0.2) is 18.2 Å².